The van der Waals surface area contributed by atoms with Crippen LogP contribution in [0.25, 0.3) is 0 Å². The third-order valence-corrected chi connectivity index (χ3v) is 5.88. The molecule has 1 aromatic rings. The molecule has 0 radical (unpaired) electrons. The van der Waals surface area contributed by atoms with Crippen molar-refractivity contribution >= 4 is 35.2 Å². The van der Waals surface area contributed by atoms with Crippen LogP contribution in [-0.2, 0) is 9.59 Å². The molecule has 0 aliphatic carbocycles. The molecule has 2 aliphatic rings. The number of hydrogen-bond acceptors (Lipinski definition) is 4. The fourth-order valence-corrected chi connectivity index (χ4v) is 4.39. The second-order valence-electron chi connectivity index (χ2n) is 5.89. The molecule has 0 saturated carbocycles. The first-order chi connectivity index (χ1) is 11.1. The Balaban J connectivity index is 1.71. The van der Waals surface area contributed by atoms with E-state index in [0.717, 1.165) is 31.7 Å². The van der Waals surface area contributed by atoms with Crippen LogP contribution in [0.15, 0.2) is 24.3 Å². The number of halogens is 1. The quantitative estimate of drug-likeness (QED) is 0.829. The topological polar surface area (TPSA) is 43.9 Å². The second-order valence-corrected chi connectivity index (χ2v) is 7.37. The summed E-state index contributed by atoms with van der Waals surface area (Å²) in [7, 11) is 2.05. The zero-order chi connectivity index (χ0) is 16.4. The van der Waals surface area contributed by atoms with E-state index < -0.39 is 0 Å². The number of nitrogens with zero attached hydrogens (tertiary/aromatic N) is 3. The second kappa shape index (κ2) is 7.11. The number of carbonyl (C=O) groups is 2. The van der Waals surface area contributed by atoms with Gasteiger partial charge in [0.15, 0.2) is 0 Å². The Bertz CT molecular complexity index is 605. The Morgan fingerprint density at radius 3 is 2.65 bits per heavy atom. The Labute approximate surface area is 145 Å². The molecule has 1 aromatic carbocycles. The van der Waals surface area contributed by atoms with E-state index >= 15 is 0 Å². The van der Waals surface area contributed by atoms with Gasteiger partial charge in [-0.25, -0.2) is 0 Å². The van der Waals surface area contributed by atoms with Gasteiger partial charge < -0.3 is 14.7 Å². The summed E-state index contributed by atoms with van der Waals surface area (Å²) >= 11 is 7.79. The summed E-state index contributed by atoms with van der Waals surface area (Å²) in [6.07, 6.45) is 0. The summed E-state index contributed by atoms with van der Waals surface area (Å²) in [6.45, 7) is 3.33. The minimum Gasteiger partial charge on any atom is -0.339 e. The summed E-state index contributed by atoms with van der Waals surface area (Å²) in [5.74, 6) is 0.416. The first-order valence-electron chi connectivity index (χ1n) is 7.68. The van der Waals surface area contributed by atoms with E-state index in [1.165, 1.54) is 11.8 Å². The predicted molar refractivity (Wildman–Crippen MR) is 92.4 cm³/mol. The van der Waals surface area contributed by atoms with Crippen LogP contribution in [0.4, 0.5) is 0 Å². The molecule has 124 valence electrons. The fourth-order valence-electron chi connectivity index (χ4n) is 2.86. The van der Waals surface area contributed by atoms with Crippen LogP contribution in [-0.4, -0.2) is 72.0 Å². The van der Waals surface area contributed by atoms with E-state index in [-0.39, 0.29) is 23.7 Å². The first-order valence-corrected chi connectivity index (χ1v) is 9.11. The van der Waals surface area contributed by atoms with Crippen molar-refractivity contribution in [3.8, 4) is 0 Å². The van der Waals surface area contributed by atoms with Crippen molar-refractivity contribution in [1.82, 2.24) is 14.7 Å². The van der Waals surface area contributed by atoms with Crippen LogP contribution in [0.2, 0.25) is 5.02 Å². The number of piperazine rings is 1. The van der Waals surface area contributed by atoms with Crippen molar-refractivity contribution in [2.24, 2.45) is 0 Å². The van der Waals surface area contributed by atoms with Gasteiger partial charge in [-0.1, -0.05) is 29.8 Å². The van der Waals surface area contributed by atoms with Crippen LogP contribution in [0.3, 0.4) is 0 Å². The van der Waals surface area contributed by atoms with E-state index in [0.29, 0.717) is 10.8 Å². The lowest BCUT2D eigenvalue weighted by atomic mass is 10.2. The number of likely N-dealkylation sites (N-methyl/N-ethyl adjacent to an activating group) is 1. The molecule has 0 bridgehead atoms. The van der Waals surface area contributed by atoms with Crippen LogP contribution in [0.5, 0.6) is 0 Å². The predicted octanol–water partition coefficient (Wildman–Crippen LogP) is 1.69. The molecule has 0 spiro atoms. The van der Waals surface area contributed by atoms with Gasteiger partial charge in [-0.3, -0.25) is 9.59 Å². The molecule has 0 unspecified atom stereocenters. The molecule has 2 fully saturated rings. The lowest BCUT2D eigenvalue weighted by Crippen LogP contribution is -2.50. The zero-order valence-corrected chi connectivity index (χ0v) is 14.6. The third kappa shape index (κ3) is 3.65. The fraction of sp³-hybridized carbons (Fsp3) is 0.500. The molecule has 23 heavy (non-hydrogen) atoms. The normalized spacial score (nSPS) is 22.7. The molecule has 7 heteroatoms. The van der Waals surface area contributed by atoms with Gasteiger partial charge in [-0.15, -0.1) is 11.8 Å². The van der Waals surface area contributed by atoms with Crippen molar-refractivity contribution in [3.63, 3.8) is 0 Å². The van der Waals surface area contributed by atoms with Gasteiger partial charge in [0.25, 0.3) is 0 Å². The Morgan fingerprint density at radius 2 is 1.96 bits per heavy atom. The minimum atomic E-state index is -0.174. The Morgan fingerprint density at radius 1 is 1.26 bits per heavy atom. The van der Waals surface area contributed by atoms with Gasteiger partial charge in [0.05, 0.1) is 5.75 Å². The Kier molecular flexibility index (Phi) is 5.14. The minimum absolute atomic E-state index is 0.00222. The summed E-state index contributed by atoms with van der Waals surface area (Å²) in [4.78, 5) is 30.5. The highest BCUT2D eigenvalue weighted by molar-refractivity contribution is 8.00. The summed E-state index contributed by atoms with van der Waals surface area (Å²) in [6, 6.07) is 7.52. The monoisotopic (exact) mass is 353 g/mol. The molecule has 2 heterocycles. The van der Waals surface area contributed by atoms with Crippen LogP contribution in [0, 0.1) is 0 Å². The van der Waals surface area contributed by atoms with Gasteiger partial charge in [-0.05, 0) is 13.1 Å². The molecular weight excluding hydrogens is 334 g/mol. The standard InChI is InChI=1S/C16H20ClN3O2S/c1-18-6-8-19(9-7-18)14(21)10-20-15(22)11-23-16(20)12-4-2-3-5-13(12)17/h2-5,16H,6-11H2,1H3/t16-/m0/s1. The van der Waals surface area contributed by atoms with Gasteiger partial charge in [0, 0.05) is 36.8 Å². The van der Waals surface area contributed by atoms with E-state index in [1.807, 2.05) is 29.2 Å². The average molecular weight is 354 g/mol. The summed E-state index contributed by atoms with van der Waals surface area (Å²) < 4.78 is 0. The van der Waals surface area contributed by atoms with Crippen LogP contribution >= 0.6 is 23.4 Å². The maximum atomic E-state index is 12.5. The van der Waals surface area contributed by atoms with Crippen LogP contribution in [0.1, 0.15) is 10.9 Å². The maximum Gasteiger partial charge on any atom is 0.242 e. The highest BCUT2D eigenvalue weighted by Crippen LogP contribution is 2.41. The van der Waals surface area contributed by atoms with E-state index in [2.05, 4.69) is 11.9 Å². The highest BCUT2D eigenvalue weighted by atomic mass is 35.5. The molecule has 3 rings (SSSR count). The number of hydrogen-bond donors (Lipinski definition) is 0. The van der Waals surface area contributed by atoms with Crippen molar-refractivity contribution in [2.45, 2.75) is 5.37 Å². The third-order valence-electron chi connectivity index (χ3n) is 4.30. The lowest BCUT2D eigenvalue weighted by Gasteiger charge is -2.34. The lowest BCUT2D eigenvalue weighted by molar-refractivity contribution is -0.140. The van der Waals surface area contributed by atoms with Crippen molar-refractivity contribution in [1.29, 1.82) is 0 Å². The molecule has 0 aromatic heterocycles. The van der Waals surface area contributed by atoms with Gasteiger partial charge in [0.2, 0.25) is 11.8 Å². The zero-order valence-electron chi connectivity index (χ0n) is 13.1. The molecule has 0 N–H and O–H groups in total. The van der Waals surface area contributed by atoms with E-state index in [4.69, 9.17) is 11.6 Å². The SMILES string of the molecule is CN1CCN(C(=O)CN2C(=O)CS[C@H]2c2ccccc2Cl)CC1. The Hall–Kier alpha value is -1.24. The van der Waals surface area contributed by atoms with Crippen molar-refractivity contribution in [2.75, 3.05) is 45.5 Å². The molecule has 2 saturated heterocycles. The van der Waals surface area contributed by atoms with Crippen LogP contribution < -0.4 is 0 Å². The number of amides is 2. The molecular formula is C16H20ClN3O2S. The van der Waals surface area contributed by atoms with Crippen molar-refractivity contribution in [3.05, 3.63) is 34.9 Å². The number of thioether (sulfide) groups is 1. The summed E-state index contributed by atoms with van der Waals surface area (Å²) in [5, 5.41) is 0.462. The van der Waals surface area contributed by atoms with Gasteiger partial charge in [0.1, 0.15) is 11.9 Å². The first kappa shape index (κ1) is 16.6. The average Bonchev–Trinajstić information content (AvgIpc) is 2.89. The molecule has 2 amide bonds. The van der Waals surface area contributed by atoms with E-state index in [9.17, 15) is 9.59 Å². The van der Waals surface area contributed by atoms with Gasteiger partial charge in [-0.2, -0.15) is 0 Å². The molecule has 5 nitrogen and oxygen atoms in total. The van der Waals surface area contributed by atoms with Gasteiger partial charge >= 0.3 is 0 Å². The maximum absolute atomic E-state index is 12.5. The number of rotatable bonds is 3. The number of carbonyl (C=O) groups excluding carboxylic acids is 2. The van der Waals surface area contributed by atoms with Crippen molar-refractivity contribution < 1.29 is 9.59 Å². The highest BCUT2D eigenvalue weighted by Gasteiger charge is 2.36. The summed E-state index contributed by atoms with van der Waals surface area (Å²) in [5.41, 5.74) is 0.899. The largest absolute Gasteiger partial charge is 0.339 e. The molecule has 1 atom stereocenters. The van der Waals surface area contributed by atoms with E-state index in [1.54, 1.807) is 4.90 Å². The molecule has 2 aliphatic heterocycles. The number of benzene rings is 1. The smallest absolute Gasteiger partial charge is 0.242 e.